The van der Waals surface area contributed by atoms with E-state index in [0.717, 1.165) is 22.8 Å². The lowest BCUT2D eigenvalue weighted by Gasteiger charge is -2.36. The number of carbonyl (C=O) groups is 4. The van der Waals surface area contributed by atoms with Crippen LogP contribution in [0.25, 0.3) is 10.8 Å². The van der Waals surface area contributed by atoms with Crippen molar-refractivity contribution >= 4 is 40.3 Å². The molecule has 0 fully saturated rings. The summed E-state index contributed by atoms with van der Waals surface area (Å²) in [6, 6.07) is 19.9. The van der Waals surface area contributed by atoms with Crippen molar-refractivity contribution in [2.45, 2.75) is 118 Å². The summed E-state index contributed by atoms with van der Waals surface area (Å²) in [7, 11) is 0. The van der Waals surface area contributed by atoms with Crippen LogP contribution in [0.5, 0.6) is 0 Å². The van der Waals surface area contributed by atoms with Gasteiger partial charge in [-0.3, -0.25) is 19.3 Å². The van der Waals surface area contributed by atoms with Crippen LogP contribution in [-0.2, 0) is 25.7 Å². The van der Waals surface area contributed by atoms with Gasteiger partial charge in [-0.15, -0.1) is 0 Å². The quantitative estimate of drug-likeness (QED) is 0.0959. The molecule has 3 aromatic rings. The highest BCUT2D eigenvalue weighted by Crippen LogP contribution is 2.31. The van der Waals surface area contributed by atoms with E-state index in [1.54, 1.807) is 6.92 Å². The van der Waals surface area contributed by atoms with Crippen LogP contribution >= 0.6 is 0 Å². The molecule has 3 aromatic carbocycles. The molecular weight excluding hydrogens is 668 g/mol. The van der Waals surface area contributed by atoms with E-state index in [0.29, 0.717) is 31.5 Å². The Morgan fingerprint density at radius 1 is 0.774 bits per heavy atom. The van der Waals surface area contributed by atoms with Crippen LogP contribution in [0.4, 0.5) is 10.5 Å². The van der Waals surface area contributed by atoms with Gasteiger partial charge in [-0.05, 0) is 61.0 Å². The highest BCUT2D eigenvalue weighted by molar-refractivity contribution is 6.09. The molecule has 0 aliphatic rings. The van der Waals surface area contributed by atoms with Crippen molar-refractivity contribution < 1.29 is 29.0 Å². The first-order chi connectivity index (χ1) is 25.2. The fraction of sp³-hybridized carbons (Fsp3) is 0.535. The standard InChI is InChI=1S/C43H62N4O6/c1-9-10-22-38(41(50)46-36(24-28(2)3)39(48)25-35(30(6)7)40(49)44-26-29(4)5)47(37-23-16-20-33-19-14-15-21-34(33)37)42(51)31(8)45-43(52)53-27-32-17-12-11-13-18-32/h11-21,23,28-31,35-36,38-39,48H,9-10,22,24-27H2,1-8H3,(H,44,49)(H,45,52)(H,46,50)/t31-,35?,36-,38-,39-/m0/s1. The van der Waals surface area contributed by atoms with Crippen LogP contribution in [0.2, 0.25) is 0 Å². The van der Waals surface area contributed by atoms with E-state index < -0.39 is 48.1 Å². The van der Waals surface area contributed by atoms with Gasteiger partial charge >= 0.3 is 6.09 Å². The number of unbranched alkanes of at least 4 members (excludes halogenated alkanes) is 1. The summed E-state index contributed by atoms with van der Waals surface area (Å²) in [6.07, 6.45) is 0.665. The van der Waals surface area contributed by atoms with E-state index in [1.807, 2.05) is 121 Å². The minimum absolute atomic E-state index is 0.0302. The van der Waals surface area contributed by atoms with E-state index in [1.165, 1.54) is 4.90 Å². The third-order valence-electron chi connectivity index (χ3n) is 9.47. The number of hydrogen-bond donors (Lipinski definition) is 4. The maximum Gasteiger partial charge on any atom is 0.408 e. The number of nitrogens with one attached hydrogen (secondary N) is 3. The number of carbonyl (C=O) groups excluding carboxylic acids is 4. The largest absolute Gasteiger partial charge is 0.445 e. The summed E-state index contributed by atoms with van der Waals surface area (Å²) in [5.41, 5.74) is 1.35. The van der Waals surface area contributed by atoms with Gasteiger partial charge in [0.25, 0.3) is 0 Å². The lowest BCUT2D eigenvalue weighted by atomic mass is 9.85. The third kappa shape index (κ3) is 13.2. The summed E-state index contributed by atoms with van der Waals surface area (Å²) < 4.78 is 5.43. The van der Waals surface area contributed by atoms with Crippen molar-refractivity contribution in [2.75, 3.05) is 11.4 Å². The number of benzene rings is 3. The van der Waals surface area contributed by atoms with Gasteiger partial charge in [-0.1, -0.05) is 128 Å². The second kappa shape index (κ2) is 21.3. The molecule has 0 spiro atoms. The smallest absolute Gasteiger partial charge is 0.408 e. The average Bonchev–Trinajstić information content (AvgIpc) is 3.12. The van der Waals surface area contributed by atoms with Gasteiger partial charge in [-0.25, -0.2) is 4.79 Å². The Balaban J connectivity index is 1.97. The van der Waals surface area contributed by atoms with Crippen molar-refractivity contribution in [3.05, 3.63) is 78.4 Å². The molecule has 4 amide bonds. The van der Waals surface area contributed by atoms with E-state index in [4.69, 9.17) is 4.74 Å². The number of fused-ring (bicyclic) bond motifs is 1. The third-order valence-corrected chi connectivity index (χ3v) is 9.47. The number of alkyl carbamates (subject to hydrolysis) is 1. The highest BCUT2D eigenvalue weighted by atomic mass is 16.5. The Bertz CT molecular complexity index is 1610. The molecule has 0 saturated heterocycles. The second-order valence-electron chi connectivity index (χ2n) is 15.3. The van der Waals surface area contributed by atoms with Crippen molar-refractivity contribution in [1.29, 1.82) is 0 Å². The summed E-state index contributed by atoms with van der Waals surface area (Å²) in [4.78, 5) is 56.9. The van der Waals surface area contributed by atoms with E-state index in [2.05, 4.69) is 16.0 Å². The van der Waals surface area contributed by atoms with Crippen LogP contribution in [0.1, 0.15) is 93.1 Å². The summed E-state index contributed by atoms with van der Waals surface area (Å²) in [6.45, 7) is 16.2. The molecular formula is C43H62N4O6. The molecule has 0 aliphatic carbocycles. The van der Waals surface area contributed by atoms with Gasteiger partial charge in [0.2, 0.25) is 17.7 Å². The number of aliphatic hydroxyl groups excluding tert-OH is 1. The number of anilines is 1. The number of aliphatic hydroxyl groups is 1. The predicted molar refractivity (Wildman–Crippen MR) is 212 cm³/mol. The molecule has 0 saturated carbocycles. The van der Waals surface area contributed by atoms with Gasteiger partial charge in [0.05, 0.1) is 17.8 Å². The molecule has 1 unspecified atom stereocenters. The molecule has 5 atom stereocenters. The Kier molecular flexibility index (Phi) is 17.3. The maximum absolute atomic E-state index is 14.6. The SMILES string of the molecule is CCCC[C@@H](C(=O)N[C@@H](CC(C)C)[C@@H](O)CC(C(=O)NCC(C)C)C(C)C)N(C(=O)[C@H](C)NC(=O)OCc1ccccc1)c1cccc2ccccc12. The molecule has 290 valence electrons. The lowest BCUT2D eigenvalue weighted by molar-refractivity contribution is -0.129. The van der Waals surface area contributed by atoms with Gasteiger partial charge in [-0.2, -0.15) is 0 Å². The van der Waals surface area contributed by atoms with Crippen LogP contribution in [-0.4, -0.2) is 59.7 Å². The first kappa shape index (κ1) is 43.0. The number of amides is 4. The first-order valence-corrected chi connectivity index (χ1v) is 19.3. The van der Waals surface area contributed by atoms with E-state index >= 15 is 0 Å². The molecule has 0 heterocycles. The van der Waals surface area contributed by atoms with E-state index in [9.17, 15) is 24.3 Å². The predicted octanol–water partition coefficient (Wildman–Crippen LogP) is 7.37. The molecule has 10 nitrogen and oxygen atoms in total. The molecule has 3 rings (SSSR count). The zero-order valence-electron chi connectivity index (χ0n) is 32.9. The van der Waals surface area contributed by atoms with Crippen molar-refractivity contribution in [2.24, 2.45) is 23.7 Å². The molecule has 0 radical (unpaired) electrons. The van der Waals surface area contributed by atoms with E-state index in [-0.39, 0.29) is 36.7 Å². The molecule has 0 aliphatic heterocycles. The highest BCUT2D eigenvalue weighted by Gasteiger charge is 2.37. The summed E-state index contributed by atoms with van der Waals surface area (Å²) in [5.74, 6) is -1.07. The zero-order valence-corrected chi connectivity index (χ0v) is 32.9. The lowest BCUT2D eigenvalue weighted by Crippen LogP contribution is -2.58. The topological polar surface area (TPSA) is 137 Å². The minimum Gasteiger partial charge on any atom is -0.445 e. The molecule has 10 heteroatoms. The molecule has 0 aromatic heterocycles. The van der Waals surface area contributed by atoms with Gasteiger partial charge < -0.3 is 25.8 Å². The Hall–Kier alpha value is -4.44. The number of rotatable bonds is 20. The molecule has 53 heavy (non-hydrogen) atoms. The Morgan fingerprint density at radius 3 is 2.08 bits per heavy atom. The van der Waals surface area contributed by atoms with Crippen LogP contribution < -0.4 is 20.9 Å². The summed E-state index contributed by atoms with van der Waals surface area (Å²) in [5, 5.41) is 22.2. The molecule has 0 bridgehead atoms. The van der Waals surface area contributed by atoms with Gasteiger partial charge in [0, 0.05) is 17.8 Å². The second-order valence-corrected chi connectivity index (χ2v) is 15.3. The summed E-state index contributed by atoms with van der Waals surface area (Å²) >= 11 is 0. The van der Waals surface area contributed by atoms with Crippen LogP contribution in [0.15, 0.2) is 72.8 Å². The number of hydrogen-bond acceptors (Lipinski definition) is 6. The maximum atomic E-state index is 14.6. The Labute approximate surface area is 316 Å². The average molecular weight is 731 g/mol. The zero-order chi connectivity index (χ0) is 39.1. The Morgan fingerprint density at radius 2 is 1.43 bits per heavy atom. The van der Waals surface area contributed by atoms with Crippen molar-refractivity contribution in [3.8, 4) is 0 Å². The fourth-order valence-electron chi connectivity index (χ4n) is 6.49. The molecule has 4 N–H and O–H groups in total. The number of ether oxygens (including phenoxy) is 1. The first-order valence-electron chi connectivity index (χ1n) is 19.3. The van der Waals surface area contributed by atoms with Gasteiger partial charge in [0.1, 0.15) is 18.7 Å². The monoisotopic (exact) mass is 730 g/mol. The number of nitrogens with zero attached hydrogens (tertiary/aromatic N) is 1. The minimum atomic E-state index is -1.04. The van der Waals surface area contributed by atoms with Gasteiger partial charge in [0.15, 0.2) is 0 Å². The van der Waals surface area contributed by atoms with Crippen molar-refractivity contribution in [3.63, 3.8) is 0 Å². The normalized spacial score (nSPS) is 14.3. The van der Waals surface area contributed by atoms with Crippen LogP contribution in [0.3, 0.4) is 0 Å². The fourth-order valence-corrected chi connectivity index (χ4v) is 6.49. The van der Waals surface area contributed by atoms with Crippen LogP contribution in [0, 0.1) is 23.7 Å². The van der Waals surface area contributed by atoms with Crippen molar-refractivity contribution in [1.82, 2.24) is 16.0 Å².